The normalized spacial score (nSPS) is 35.7. The molecule has 0 aromatic carbocycles. The summed E-state index contributed by atoms with van der Waals surface area (Å²) in [4.78, 5) is 2.45. The van der Waals surface area contributed by atoms with Crippen molar-refractivity contribution in [3.8, 4) is 0 Å². The lowest BCUT2D eigenvalue weighted by Gasteiger charge is -2.42. The van der Waals surface area contributed by atoms with Gasteiger partial charge >= 0.3 is 0 Å². The summed E-state index contributed by atoms with van der Waals surface area (Å²) in [6.07, 6.45) is 6.70. The molecule has 1 saturated heterocycles. The topological polar surface area (TPSA) is 38.5 Å². The SMILES string of the molecule is CN(CC1CCCO1)CC1CC(C(C)(C)C)CCC1N. The summed E-state index contributed by atoms with van der Waals surface area (Å²) in [5.74, 6) is 1.47. The maximum Gasteiger partial charge on any atom is 0.0702 e. The highest BCUT2D eigenvalue weighted by atomic mass is 16.5. The molecule has 0 amide bonds. The van der Waals surface area contributed by atoms with Gasteiger partial charge in [-0.15, -0.1) is 0 Å². The van der Waals surface area contributed by atoms with E-state index in [2.05, 4.69) is 32.7 Å². The lowest BCUT2D eigenvalue weighted by molar-refractivity contribution is 0.0614. The smallest absolute Gasteiger partial charge is 0.0702 e. The van der Waals surface area contributed by atoms with Crippen molar-refractivity contribution in [2.24, 2.45) is 23.0 Å². The van der Waals surface area contributed by atoms with Gasteiger partial charge < -0.3 is 15.4 Å². The lowest BCUT2D eigenvalue weighted by atomic mass is 9.67. The molecule has 3 nitrogen and oxygen atoms in total. The molecule has 2 N–H and O–H groups in total. The number of hydrogen-bond acceptors (Lipinski definition) is 3. The zero-order chi connectivity index (χ0) is 14.8. The molecule has 1 aliphatic heterocycles. The molecule has 2 rings (SSSR count). The molecular weight excluding hydrogens is 248 g/mol. The minimum atomic E-state index is 0.389. The van der Waals surface area contributed by atoms with Crippen molar-refractivity contribution in [3.63, 3.8) is 0 Å². The van der Waals surface area contributed by atoms with Crippen LogP contribution in [0.3, 0.4) is 0 Å². The number of hydrogen-bond donors (Lipinski definition) is 1. The van der Waals surface area contributed by atoms with E-state index in [9.17, 15) is 0 Å². The van der Waals surface area contributed by atoms with Crippen LogP contribution in [0.5, 0.6) is 0 Å². The molecule has 4 atom stereocenters. The van der Waals surface area contributed by atoms with Crippen molar-refractivity contribution in [3.05, 3.63) is 0 Å². The molecule has 0 aromatic rings. The zero-order valence-corrected chi connectivity index (χ0v) is 13.9. The molecule has 3 heteroatoms. The third-order valence-corrected chi connectivity index (χ3v) is 5.35. The van der Waals surface area contributed by atoms with Gasteiger partial charge in [0, 0.05) is 25.7 Å². The van der Waals surface area contributed by atoms with Crippen LogP contribution in [0.25, 0.3) is 0 Å². The first-order valence-electron chi connectivity index (χ1n) is 8.42. The van der Waals surface area contributed by atoms with E-state index in [4.69, 9.17) is 10.5 Å². The summed E-state index contributed by atoms with van der Waals surface area (Å²) in [6.45, 7) is 10.3. The van der Waals surface area contributed by atoms with Crippen LogP contribution < -0.4 is 5.73 Å². The van der Waals surface area contributed by atoms with Gasteiger partial charge in [-0.25, -0.2) is 0 Å². The second-order valence-electron chi connectivity index (χ2n) is 8.16. The van der Waals surface area contributed by atoms with Crippen LogP contribution in [0, 0.1) is 17.3 Å². The van der Waals surface area contributed by atoms with Gasteiger partial charge in [0.2, 0.25) is 0 Å². The van der Waals surface area contributed by atoms with Crippen molar-refractivity contribution in [1.82, 2.24) is 4.90 Å². The molecule has 4 unspecified atom stereocenters. The Morgan fingerprint density at radius 3 is 2.50 bits per heavy atom. The predicted molar refractivity (Wildman–Crippen MR) is 84.7 cm³/mol. The molecule has 2 fully saturated rings. The average Bonchev–Trinajstić information content (AvgIpc) is 2.83. The first-order chi connectivity index (χ1) is 9.36. The molecular formula is C17H34N2O. The number of ether oxygens (including phenoxy) is 1. The predicted octanol–water partition coefficient (Wildman–Crippen LogP) is 2.89. The van der Waals surface area contributed by atoms with Crippen LogP contribution in [0.15, 0.2) is 0 Å². The second kappa shape index (κ2) is 6.76. The van der Waals surface area contributed by atoms with Gasteiger partial charge in [0.1, 0.15) is 0 Å². The number of nitrogens with zero attached hydrogens (tertiary/aromatic N) is 1. The molecule has 0 spiro atoms. The van der Waals surface area contributed by atoms with E-state index in [1.165, 1.54) is 32.1 Å². The first kappa shape index (κ1) is 16.3. The second-order valence-corrected chi connectivity index (χ2v) is 8.16. The van der Waals surface area contributed by atoms with Gasteiger partial charge in [-0.3, -0.25) is 0 Å². The van der Waals surface area contributed by atoms with Gasteiger partial charge in [-0.2, -0.15) is 0 Å². The summed E-state index contributed by atoms with van der Waals surface area (Å²) in [5.41, 5.74) is 6.81. The van der Waals surface area contributed by atoms with E-state index in [1.807, 2.05) is 0 Å². The Labute approximate surface area is 125 Å². The monoisotopic (exact) mass is 282 g/mol. The molecule has 2 aliphatic rings. The van der Waals surface area contributed by atoms with Gasteiger partial charge in [0.05, 0.1) is 6.10 Å². The van der Waals surface area contributed by atoms with E-state index in [0.29, 0.717) is 23.5 Å². The standard InChI is InChI=1S/C17H34N2O/c1-17(2,3)14-7-8-16(18)13(10-14)11-19(4)12-15-6-5-9-20-15/h13-16H,5-12,18H2,1-4H3. The quantitative estimate of drug-likeness (QED) is 0.861. The highest BCUT2D eigenvalue weighted by Gasteiger charge is 2.35. The van der Waals surface area contributed by atoms with E-state index in [-0.39, 0.29) is 0 Å². The fourth-order valence-corrected chi connectivity index (χ4v) is 3.89. The zero-order valence-electron chi connectivity index (χ0n) is 13.9. The largest absolute Gasteiger partial charge is 0.377 e. The summed E-state index contributed by atoms with van der Waals surface area (Å²) in [5, 5.41) is 0. The molecule has 1 aliphatic carbocycles. The Kier molecular flexibility index (Phi) is 5.49. The molecule has 0 bridgehead atoms. The lowest BCUT2D eigenvalue weighted by Crippen LogP contribution is -2.45. The molecule has 0 aromatic heterocycles. The van der Waals surface area contributed by atoms with E-state index in [0.717, 1.165) is 25.6 Å². The maximum atomic E-state index is 6.38. The average molecular weight is 282 g/mol. The van der Waals surface area contributed by atoms with Crippen LogP contribution in [0.2, 0.25) is 0 Å². The van der Waals surface area contributed by atoms with E-state index >= 15 is 0 Å². The highest BCUT2D eigenvalue weighted by molar-refractivity contribution is 4.88. The minimum Gasteiger partial charge on any atom is -0.377 e. The van der Waals surface area contributed by atoms with Crippen LogP contribution in [-0.2, 0) is 4.74 Å². The van der Waals surface area contributed by atoms with Crippen molar-refractivity contribution in [2.45, 2.75) is 65.0 Å². The Morgan fingerprint density at radius 2 is 1.90 bits per heavy atom. The Bertz CT molecular complexity index is 294. The molecule has 0 radical (unpaired) electrons. The van der Waals surface area contributed by atoms with E-state index < -0.39 is 0 Å². The Balaban J connectivity index is 1.82. The summed E-state index contributed by atoms with van der Waals surface area (Å²) >= 11 is 0. The molecule has 1 saturated carbocycles. The highest BCUT2D eigenvalue weighted by Crippen LogP contribution is 2.40. The van der Waals surface area contributed by atoms with Crippen LogP contribution in [0.1, 0.15) is 52.9 Å². The molecule has 1 heterocycles. The van der Waals surface area contributed by atoms with Crippen LogP contribution in [0.4, 0.5) is 0 Å². The van der Waals surface area contributed by atoms with Crippen molar-refractivity contribution < 1.29 is 4.74 Å². The Hall–Kier alpha value is -0.120. The minimum absolute atomic E-state index is 0.389. The number of likely N-dealkylation sites (N-methyl/N-ethyl adjacent to an activating group) is 1. The Morgan fingerprint density at radius 1 is 1.15 bits per heavy atom. The third-order valence-electron chi connectivity index (χ3n) is 5.35. The van der Waals surface area contributed by atoms with Crippen molar-refractivity contribution >= 4 is 0 Å². The van der Waals surface area contributed by atoms with Gasteiger partial charge in [0.25, 0.3) is 0 Å². The third kappa shape index (κ3) is 4.44. The fourth-order valence-electron chi connectivity index (χ4n) is 3.89. The molecule has 20 heavy (non-hydrogen) atoms. The summed E-state index contributed by atoms with van der Waals surface area (Å²) in [7, 11) is 2.23. The maximum absolute atomic E-state index is 6.38. The fraction of sp³-hybridized carbons (Fsp3) is 1.00. The van der Waals surface area contributed by atoms with Crippen molar-refractivity contribution in [2.75, 3.05) is 26.7 Å². The summed E-state index contributed by atoms with van der Waals surface area (Å²) < 4.78 is 5.74. The van der Waals surface area contributed by atoms with Gasteiger partial charge in [0.15, 0.2) is 0 Å². The summed E-state index contributed by atoms with van der Waals surface area (Å²) in [6, 6.07) is 0.389. The first-order valence-corrected chi connectivity index (χ1v) is 8.42. The molecule has 118 valence electrons. The van der Waals surface area contributed by atoms with Gasteiger partial charge in [-0.05, 0) is 56.4 Å². The van der Waals surface area contributed by atoms with E-state index in [1.54, 1.807) is 0 Å². The number of nitrogens with two attached hydrogens (primary N) is 1. The van der Waals surface area contributed by atoms with Crippen LogP contribution in [-0.4, -0.2) is 43.8 Å². The van der Waals surface area contributed by atoms with Gasteiger partial charge in [-0.1, -0.05) is 20.8 Å². The van der Waals surface area contributed by atoms with Crippen LogP contribution >= 0.6 is 0 Å². The van der Waals surface area contributed by atoms with Crippen molar-refractivity contribution in [1.29, 1.82) is 0 Å². The number of rotatable bonds is 4.